The number of amides is 2. The molecule has 0 aliphatic heterocycles. The highest BCUT2D eigenvalue weighted by Crippen LogP contribution is 2.35. The van der Waals surface area contributed by atoms with Crippen LogP contribution in [0.25, 0.3) is 0 Å². The van der Waals surface area contributed by atoms with Crippen LogP contribution in [0.1, 0.15) is 12.5 Å². The first-order valence-electron chi connectivity index (χ1n) is 6.71. The van der Waals surface area contributed by atoms with E-state index < -0.39 is 56.9 Å². The number of hydrogen-bond donors (Lipinski definition) is 3. The van der Waals surface area contributed by atoms with Crippen molar-refractivity contribution in [1.82, 2.24) is 5.32 Å². The number of anilines is 1. The lowest BCUT2D eigenvalue weighted by Crippen LogP contribution is -2.41. The van der Waals surface area contributed by atoms with E-state index in [1.54, 1.807) is 0 Å². The van der Waals surface area contributed by atoms with Gasteiger partial charge in [-0.05, 0) is 12.1 Å². The van der Waals surface area contributed by atoms with Crippen LogP contribution in [0.5, 0.6) is 0 Å². The molecule has 0 saturated heterocycles. The van der Waals surface area contributed by atoms with Crippen LogP contribution in [0.2, 0.25) is 0 Å². The lowest BCUT2D eigenvalue weighted by molar-refractivity contribution is -0.384. The van der Waals surface area contributed by atoms with E-state index in [-0.39, 0.29) is 6.07 Å². The van der Waals surface area contributed by atoms with E-state index in [1.165, 1.54) is 0 Å². The van der Waals surface area contributed by atoms with Crippen LogP contribution in [0, 0.1) is 10.1 Å². The molecule has 9 nitrogen and oxygen atoms in total. The fourth-order valence-corrected chi connectivity index (χ4v) is 2.42. The SMILES string of the molecule is CC(=O)N[C@@H](CSC(=O)Nc1ccc(C(F)(F)F)cc1[N+](=O)[O-])C(=O)O. The minimum Gasteiger partial charge on any atom is -0.480 e. The fraction of sp³-hybridized carbons (Fsp3) is 0.308. The second-order valence-electron chi connectivity index (χ2n) is 4.80. The number of benzene rings is 1. The van der Waals surface area contributed by atoms with E-state index >= 15 is 0 Å². The molecule has 142 valence electrons. The van der Waals surface area contributed by atoms with Crippen molar-refractivity contribution in [2.24, 2.45) is 0 Å². The summed E-state index contributed by atoms with van der Waals surface area (Å²) in [6.07, 6.45) is -4.80. The molecule has 13 heteroatoms. The van der Waals surface area contributed by atoms with Gasteiger partial charge in [-0.15, -0.1) is 0 Å². The second-order valence-corrected chi connectivity index (χ2v) is 5.79. The minimum atomic E-state index is -4.80. The van der Waals surface area contributed by atoms with Crippen molar-refractivity contribution in [3.63, 3.8) is 0 Å². The molecule has 0 saturated carbocycles. The molecule has 0 bridgehead atoms. The number of thioether (sulfide) groups is 1. The summed E-state index contributed by atoms with van der Waals surface area (Å²) in [7, 11) is 0. The summed E-state index contributed by atoms with van der Waals surface area (Å²) in [5.74, 6) is -2.44. The lowest BCUT2D eigenvalue weighted by atomic mass is 10.1. The summed E-state index contributed by atoms with van der Waals surface area (Å²) in [5, 5.41) is 23.0. The van der Waals surface area contributed by atoms with Crippen LogP contribution in [-0.2, 0) is 15.8 Å². The van der Waals surface area contributed by atoms with Crippen LogP contribution in [-0.4, -0.2) is 38.9 Å². The third-order valence-electron chi connectivity index (χ3n) is 2.82. The maximum atomic E-state index is 12.6. The van der Waals surface area contributed by atoms with Gasteiger partial charge in [-0.3, -0.25) is 19.7 Å². The molecule has 26 heavy (non-hydrogen) atoms. The maximum absolute atomic E-state index is 12.6. The van der Waals surface area contributed by atoms with E-state index in [1.807, 2.05) is 5.32 Å². The van der Waals surface area contributed by atoms with Gasteiger partial charge in [-0.2, -0.15) is 13.2 Å². The highest BCUT2D eigenvalue weighted by Gasteiger charge is 2.33. The highest BCUT2D eigenvalue weighted by molar-refractivity contribution is 8.13. The van der Waals surface area contributed by atoms with Crippen molar-refractivity contribution < 1.29 is 37.6 Å². The normalized spacial score (nSPS) is 12.2. The molecule has 1 aromatic carbocycles. The Hall–Kier alpha value is -2.83. The van der Waals surface area contributed by atoms with E-state index in [0.29, 0.717) is 17.8 Å². The van der Waals surface area contributed by atoms with Gasteiger partial charge in [-0.1, -0.05) is 11.8 Å². The number of rotatable bonds is 6. The first kappa shape index (κ1) is 21.2. The second kappa shape index (κ2) is 8.51. The Bertz CT molecular complexity index is 740. The predicted molar refractivity (Wildman–Crippen MR) is 84.8 cm³/mol. The van der Waals surface area contributed by atoms with Crippen LogP contribution >= 0.6 is 11.8 Å². The molecule has 0 aliphatic carbocycles. The number of nitrogens with one attached hydrogen (secondary N) is 2. The van der Waals surface area contributed by atoms with E-state index in [9.17, 15) is 37.7 Å². The number of nitro benzene ring substituents is 1. The minimum absolute atomic E-state index is 0.275. The molecule has 0 aromatic heterocycles. The van der Waals surface area contributed by atoms with Gasteiger partial charge in [0.2, 0.25) is 5.91 Å². The molecule has 0 fully saturated rings. The van der Waals surface area contributed by atoms with Crippen LogP contribution in [0.15, 0.2) is 18.2 Å². The zero-order valence-corrected chi connectivity index (χ0v) is 13.8. The number of carboxylic acids is 1. The maximum Gasteiger partial charge on any atom is 0.416 e. The molecule has 1 atom stereocenters. The molecular weight excluding hydrogens is 383 g/mol. The Morgan fingerprint density at radius 1 is 1.35 bits per heavy atom. The van der Waals surface area contributed by atoms with E-state index in [2.05, 4.69) is 5.32 Å². The molecule has 1 rings (SSSR count). The third kappa shape index (κ3) is 6.23. The van der Waals surface area contributed by atoms with Crippen LogP contribution in [0.4, 0.5) is 29.3 Å². The number of alkyl halides is 3. The Labute approximate surface area is 148 Å². The van der Waals surface area contributed by atoms with E-state index in [4.69, 9.17) is 5.11 Å². The molecule has 1 aromatic rings. The lowest BCUT2D eigenvalue weighted by Gasteiger charge is -2.13. The van der Waals surface area contributed by atoms with Gasteiger partial charge in [0.05, 0.1) is 10.5 Å². The van der Waals surface area contributed by atoms with Gasteiger partial charge in [0, 0.05) is 18.7 Å². The Morgan fingerprint density at radius 3 is 2.42 bits per heavy atom. The number of carboxylic acid groups (broad SMARTS) is 1. The summed E-state index contributed by atoms with van der Waals surface area (Å²) in [4.78, 5) is 43.4. The van der Waals surface area contributed by atoms with Gasteiger partial charge in [0.25, 0.3) is 10.9 Å². The molecule has 0 unspecified atom stereocenters. The number of aliphatic carboxylic acids is 1. The average molecular weight is 395 g/mol. The van der Waals surface area contributed by atoms with Crippen molar-refractivity contribution in [1.29, 1.82) is 0 Å². The number of halogens is 3. The van der Waals surface area contributed by atoms with Crippen molar-refractivity contribution in [3.05, 3.63) is 33.9 Å². The first-order chi connectivity index (χ1) is 11.9. The Kier molecular flexibility index (Phi) is 6.94. The Balaban J connectivity index is 2.87. The number of hydrogen-bond acceptors (Lipinski definition) is 6. The van der Waals surface area contributed by atoms with Crippen molar-refractivity contribution >= 4 is 40.3 Å². The van der Waals surface area contributed by atoms with Gasteiger partial charge >= 0.3 is 12.1 Å². The quantitative estimate of drug-likeness (QED) is 0.497. The summed E-state index contributed by atoms with van der Waals surface area (Å²) < 4.78 is 37.8. The number of nitrogens with zero attached hydrogens (tertiary/aromatic N) is 1. The number of nitro groups is 1. The first-order valence-corrected chi connectivity index (χ1v) is 7.69. The molecule has 3 N–H and O–H groups in total. The van der Waals surface area contributed by atoms with Crippen molar-refractivity contribution in [2.75, 3.05) is 11.1 Å². The average Bonchev–Trinajstić information content (AvgIpc) is 2.49. The van der Waals surface area contributed by atoms with Crippen LogP contribution in [0.3, 0.4) is 0 Å². The van der Waals surface area contributed by atoms with Gasteiger partial charge < -0.3 is 15.7 Å². The molecule has 2 amide bonds. The summed E-state index contributed by atoms with van der Waals surface area (Å²) in [6.45, 7) is 1.08. The smallest absolute Gasteiger partial charge is 0.416 e. The largest absolute Gasteiger partial charge is 0.480 e. The van der Waals surface area contributed by atoms with Crippen molar-refractivity contribution in [2.45, 2.75) is 19.1 Å². The molecule has 0 aliphatic rings. The van der Waals surface area contributed by atoms with Gasteiger partial charge in [0.15, 0.2) is 0 Å². The number of carbonyl (C=O) groups excluding carboxylic acids is 2. The zero-order valence-electron chi connectivity index (χ0n) is 13.0. The molecular formula is C13H12F3N3O6S. The highest BCUT2D eigenvalue weighted by atomic mass is 32.2. The third-order valence-corrected chi connectivity index (χ3v) is 3.68. The summed E-state index contributed by atoms with van der Waals surface area (Å²) in [6, 6.07) is 0.176. The molecule has 0 heterocycles. The number of carbonyl (C=O) groups is 3. The van der Waals surface area contributed by atoms with Gasteiger partial charge in [0.1, 0.15) is 11.7 Å². The topological polar surface area (TPSA) is 139 Å². The van der Waals surface area contributed by atoms with Gasteiger partial charge in [-0.25, -0.2) is 4.79 Å². The zero-order chi connectivity index (χ0) is 20.1. The summed E-state index contributed by atoms with van der Waals surface area (Å²) >= 11 is 0.389. The summed E-state index contributed by atoms with van der Waals surface area (Å²) in [5.41, 5.74) is -2.70. The fourth-order valence-electron chi connectivity index (χ4n) is 1.69. The molecule has 0 spiro atoms. The van der Waals surface area contributed by atoms with Crippen LogP contribution < -0.4 is 10.6 Å². The standard InChI is InChI=1S/C13H12F3N3O6S/c1-6(20)17-9(11(21)22)5-26-12(23)18-8-3-2-7(13(14,15)16)4-10(8)19(24)25/h2-4,9H,5H2,1H3,(H,17,20)(H,18,23)(H,21,22)/t9-/m0/s1. The van der Waals surface area contributed by atoms with E-state index in [0.717, 1.165) is 13.0 Å². The predicted octanol–water partition coefficient (Wildman–Crippen LogP) is 2.47. The monoisotopic (exact) mass is 395 g/mol. The molecule has 0 radical (unpaired) electrons. The Morgan fingerprint density at radius 2 is 1.96 bits per heavy atom. The van der Waals surface area contributed by atoms with Crippen molar-refractivity contribution in [3.8, 4) is 0 Å².